The molecule has 1 aromatic carbocycles. The van der Waals surface area contributed by atoms with Gasteiger partial charge in [0, 0.05) is 10.7 Å². The normalized spacial score (nSPS) is 14.3. The average molecular weight is 307 g/mol. The summed E-state index contributed by atoms with van der Waals surface area (Å²) >= 11 is 0. The van der Waals surface area contributed by atoms with E-state index < -0.39 is 31.9 Å². The van der Waals surface area contributed by atoms with Gasteiger partial charge in [0.1, 0.15) is 0 Å². The van der Waals surface area contributed by atoms with E-state index in [1.54, 1.807) is 0 Å². The molecule has 0 radical (unpaired) electrons. The van der Waals surface area contributed by atoms with Crippen LogP contribution >= 0.6 is 10.7 Å². The van der Waals surface area contributed by atoms with E-state index in [-0.39, 0.29) is 5.75 Å². The van der Waals surface area contributed by atoms with Gasteiger partial charge in [-0.3, -0.25) is 0 Å². The van der Waals surface area contributed by atoms with Crippen LogP contribution in [0.1, 0.15) is 10.8 Å². The van der Waals surface area contributed by atoms with Crippen molar-refractivity contribution in [2.24, 2.45) is 0 Å². The summed E-state index contributed by atoms with van der Waals surface area (Å²) < 4.78 is 77.4. The molecule has 0 amide bonds. The Labute approximate surface area is 105 Å². The molecule has 0 N–H and O–H groups in total. The molecule has 0 saturated heterocycles. The lowest BCUT2D eigenvalue weighted by Gasteiger charge is -2.17. The molecule has 0 saturated carbocycles. The van der Waals surface area contributed by atoms with Gasteiger partial charge in [-0.15, -0.1) is 0 Å². The van der Waals surface area contributed by atoms with Crippen LogP contribution in [0.2, 0.25) is 0 Å². The Hall–Kier alpha value is -1.02. The van der Waals surface area contributed by atoms with Crippen molar-refractivity contribution in [1.82, 2.24) is 0 Å². The van der Waals surface area contributed by atoms with Crippen molar-refractivity contribution in [1.29, 1.82) is 0 Å². The van der Waals surface area contributed by atoms with Crippen LogP contribution in [0.15, 0.2) is 18.2 Å². The summed E-state index contributed by atoms with van der Waals surface area (Å²) in [6.07, 6.45) is -5.14. The number of alkyl halides is 3. The Kier molecular flexibility index (Phi) is 4.12. The minimum absolute atomic E-state index is 0.299. The van der Waals surface area contributed by atoms with Crippen LogP contribution < -0.4 is 4.74 Å². The van der Waals surface area contributed by atoms with E-state index in [0.29, 0.717) is 6.07 Å². The SMILES string of the molecule is COc1ccc(C(C(F)(F)F)S(=O)(=O)Cl)cc1F. The van der Waals surface area contributed by atoms with Gasteiger partial charge in [0.15, 0.2) is 16.8 Å². The van der Waals surface area contributed by atoms with Gasteiger partial charge >= 0.3 is 6.18 Å². The Morgan fingerprint density at radius 2 is 1.89 bits per heavy atom. The summed E-state index contributed by atoms with van der Waals surface area (Å²) in [4.78, 5) is 0. The van der Waals surface area contributed by atoms with Crippen molar-refractivity contribution in [2.45, 2.75) is 11.4 Å². The van der Waals surface area contributed by atoms with Crippen molar-refractivity contribution in [3.63, 3.8) is 0 Å². The number of methoxy groups -OCH3 is 1. The number of hydrogen-bond acceptors (Lipinski definition) is 3. The zero-order chi connectivity index (χ0) is 14.1. The Morgan fingerprint density at radius 3 is 2.22 bits per heavy atom. The molecule has 1 aromatic rings. The molecule has 1 atom stereocenters. The third kappa shape index (κ3) is 3.26. The number of ether oxygens (including phenoxy) is 1. The van der Waals surface area contributed by atoms with Gasteiger partial charge < -0.3 is 4.74 Å². The number of halogens is 5. The van der Waals surface area contributed by atoms with Gasteiger partial charge in [0.25, 0.3) is 0 Å². The van der Waals surface area contributed by atoms with Gasteiger partial charge in [-0.2, -0.15) is 13.2 Å². The molecule has 3 nitrogen and oxygen atoms in total. The van der Waals surface area contributed by atoms with Gasteiger partial charge in [0.05, 0.1) is 7.11 Å². The molecule has 9 heteroatoms. The molecule has 1 rings (SSSR count). The van der Waals surface area contributed by atoms with Crippen LogP contribution in [0.25, 0.3) is 0 Å². The Bertz CT molecular complexity index is 541. The summed E-state index contributed by atoms with van der Waals surface area (Å²) in [7, 11) is 0.893. The molecule has 1 unspecified atom stereocenters. The molecule has 102 valence electrons. The van der Waals surface area contributed by atoms with E-state index in [1.165, 1.54) is 0 Å². The first-order valence-corrected chi connectivity index (χ1v) is 6.78. The highest BCUT2D eigenvalue weighted by molar-refractivity contribution is 8.14. The minimum Gasteiger partial charge on any atom is -0.494 e. The van der Waals surface area contributed by atoms with Crippen molar-refractivity contribution >= 4 is 19.7 Å². The molecular formula is C9H7ClF4O3S. The molecule has 0 aromatic heterocycles. The van der Waals surface area contributed by atoms with Crippen LogP contribution in [0.4, 0.5) is 17.6 Å². The summed E-state index contributed by atoms with van der Waals surface area (Å²) in [5, 5.41) is -2.98. The second-order valence-corrected chi connectivity index (χ2v) is 6.00. The van der Waals surface area contributed by atoms with Crippen LogP contribution in [-0.2, 0) is 9.05 Å². The van der Waals surface area contributed by atoms with Crippen molar-refractivity contribution < 1.29 is 30.7 Å². The fourth-order valence-corrected chi connectivity index (χ4v) is 2.76. The molecule has 0 aliphatic carbocycles. The largest absolute Gasteiger partial charge is 0.494 e. The Balaban J connectivity index is 3.37. The zero-order valence-electron chi connectivity index (χ0n) is 8.83. The molecule has 18 heavy (non-hydrogen) atoms. The lowest BCUT2D eigenvalue weighted by molar-refractivity contribution is -0.131. The molecule has 0 aliphatic heterocycles. The first-order chi connectivity index (χ1) is 8.07. The molecule has 0 bridgehead atoms. The highest BCUT2D eigenvalue weighted by atomic mass is 35.7. The summed E-state index contributed by atoms with van der Waals surface area (Å²) in [5.74, 6) is -1.41. The molecule has 0 aliphatic rings. The quantitative estimate of drug-likeness (QED) is 0.637. The van der Waals surface area contributed by atoms with Crippen molar-refractivity contribution in [3.8, 4) is 5.75 Å². The minimum atomic E-state index is -5.14. The second-order valence-electron chi connectivity index (χ2n) is 3.29. The van der Waals surface area contributed by atoms with Crippen LogP contribution in [0, 0.1) is 5.82 Å². The number of hydrogen-bond donors (Lipinski definition) is 0. The lowest BCUT2D eigenvalue weighted by atomic mass is 10.1. The van der Waals surface area contributed by atoms with E-state index in [0.717, 1.165) is 19.2 Å². The second kappa shape index (κ2) is 4.93. The third-order valence-electron chi connectivity index (χ3n) is 2.06. The van der Waals surface area contributed by atoms with E-state index in [1.807, 2.05) is 0 Å². The molecule has 0 heterocycles. The topological polar surface area (TPSA) is 43.4 Å². The predicted octanol–water partition coefficient (Wildman–Crippen LogP) is 3.01. The van der Waals surface area contributed by atoms with Gasteiger partial charge in [-0.05, 0) is 17.7 Å². The highest BCUT2D eigenvalue weighted by Gasteiger charge is 2.49. The predicted molar refractivity (Wildman–Crippen MR) is 56.5 cm³/mol. The van der Waals surface area contributed by atoms with Crippen LogP contribution in [-0.4, -0.2) is 21.7 Å². The zero-order valence-corrected chi connectivity index (χ0v) is 10.4. The molecule has 0 fully saturated rings. The van der Waals surface area contributed by atoms with Gasteiger partial charge in [-0.1, -0.05) is 6.07 Å². The number of benzene rings is 1. The summed E-state index contributed by atoms with van der Waals surface area (Å²) in [6, 6.07) is 2.11. The third-order valence-corrected chi connectivity index (χ3v) is 3.69. The van der Waals surface area contributed by atoms with Crippen LogP contribution in [0.3, 0.4) is 0 Å². The van der Waals surface area contributed by atoms with E-state index in [4.69, 9.17) is 10.7 Å². The maximum atomic E-state index is 13.3. The highest BCUT2D eigenvalue weighted by Crippen LogP contribution is 2.41. The maximum absolute atomic E-state index is 13.3. The van der Waals surface area contributed by atoms with E-state index in [9.17, 15) is 26.0 Å². The summed E-state index contributed by atoms with van der Waals surface area (Å²) in [5.41, 5.74) is -0.809. The lowest BCUT2D eigenvalue weighted by Crippen LogP contribution is -2.25. The van der Waals surface area contributed by atoms with Crippen molar-refractivity contribution in [3.05, 3.63) is 29.6 Å². The standard InChI is InChI=1S/C9H7ClF4O3S/c1-17-7-3-2-5(4-6(7)11)8(9(12,13)14)18(10,15)16/h2-4,8H,1H3. The smallest absolute Gasteiger partial charge is 0.410 e. The van der Waals surface area contributed by atoms with Gasteiger partial charge in [0.2, 0.25) is 9.05 Å². The van der Waals surface area contributed by atoms with E-state index >= 15 is 0 Å². The Morgan fingerprint density at radius 1 is 1.33 bits per heavy atom. The molecular weight excluding hydrogens is 300 g/mol. The maximum Gasteiger partial charge on any atom is 0.410 e. The fraction of sp³-hybridized carbons (Fsp3) is 0.333. The first-order valence-electron chi connectivity index (χ1n) is 4.41. The first kappa shape index (κ1) is 15.0. The van der Waals surface area contributed by atoms with Crippen LogP contribution in [0.5, 0.6) is 5.75 Å². The fourth-order valence-electron chi connectivity index (χ4n) is 1.36. The van der Waals surface area contributed by atoms with Gasteiger partial charge in [-0.25, -0.2) is 12.8 Å². The van der Waals surface area contributed by atoms with E-state index in [2.05, 4.69) is 4.74 Å². The number of rotatable bonds is 3. The molecule has 0 spiro atoms. The average Bonchev–Trinajstić information content (AvgIpc) is 2.13. The van der Waals surface area contributed by atoms with Crippen molar-refractivity contribution in [2.75, 3.05) is 7.11 Å². The monoisotopic (exact) mass is 306 g/mol. The summed E-state index contributed by atoms with van der Waals surface area (Å²) in [6.45, 7) is 0.